The van der Waals surface area contributed by atoms with E-state index in [2.05, 4.69) is 0 Å². The van der Waals surface area contributed by atoms with Crippen molar-refractivity contribution in [1.29, 1.82) is 0 Å². The van der Waals surface area contributed by atoms with Crippen LogP contribution in [-0.4, -0.2) is 25.2 Å². The molecule has 0 spiro atoms. The number of carbonyl (C=O) groups is 1. The molecule has 160 valence electrons. The van der Waals surface area contributed by atoms with E-state index in [0.717, 1.165) is 0 Å². The summed E-state index contributed by atoms with van der Waals surface area (Å²) in [4.78, 5) is 11.9. The first-order valence-electron chi connectivity index (χ1n) is 23.1. The lowest BCUT2D eigenvalue weighted by molar-refractivity contribution is 0.0696. The number of carboxylic acid groups (broad SMARTS) is 1. The van der Waals surface area contributed by atoms with Gasteiger partial charge in [-0.3, -0.25) is 0 Å². The van der Waals surface area contributed by atoms with Crippen LogP contribution in [-0.2, 0) is 15.6 Å². The van der Waals surface area contributed by atoms with Crippen LogP contribution in [0.3, 0.4) is 0 Å². The minimum absolute atomic E-state index is 0.359. The van der Waals surface area contributed by atoms with Crippen molar-refractivity contribution in [2.45, 2.75) is 95.5 Å². The first-order valence-corrected chi connectivity index (χ1v) is 8.76. The highest BCUT2D eigenvalue weighted by atomic mass is 32.2. The Balaban J connectivity index is 4.10. The monoisotopic (exact) mass is 442 g/mol. The average molecular weight is 443 g/mol. The van der Waals surface area contributed by atoms with Crippen molar-refractivity contribution in [3.8, 4) is 0 Å². The molecule has 0 unspecified atom stereocenters. The van der Waals surface area contributed by atoms with Crippen molar-refractivity contribution < 1.29 is 62.2 Å². The molecule has 0 aromatic heterocycles. The molecule has 1 N–H and O–H groups in total. The predicted octanol–water partition coefficient (Wildman–Crippen LogP) is 6.39. The van der Waals surface area contributed by atoms with Gasteiger partial charge in [0.15, 0.2) is 9.84 Å². The second kappa shape index (κ2) is 14.6. The zero-order valence-corrected chi connectivity index (χ0v) is 15.1. The third-order valence-corrected chi connectivity index (χ3v) is 3.41. The average Bonchev–Trinajstić information content (AvgIpc) is 3.04. The van der Waals surface area contributed by atoms with Crippen LogP contribution in [0, 0.1) is 0 Å². The Kier molecular flexibility index (Phi) is 2.66. The second-order valence-corrected chi connectivity index (χ2v) is 5.99. The van der Waals surface area contributed by atoms with Gasteiger partial charge in [0.1, 0.15) is 0 Å². The van der Waals surface area contributed by atoms with Gasteiger partial charge < -0.3 is 5.11 Å². The summed E-state index contributed by atoms with van der Waals surface area (Å²) in [6, 6.07) is -5.32. The van der Waals surface area contributed by atoms with E-state index in [0.29, 0.717) is 6.92 Å². The van der Waals surface area contributed by atoms with Gasteiger partial charge in [0.25, 0.3) is 0 Å². The molecule has 0 fully saturated rings. The standard InChI is InChI=1S/C23H38O4S/c1-2-3-4-5-6-7-8-9-10-11-12-13-16-19-28(26,27)20-21-17-14-15-18-22(21)23(24)25/h14-15,17-18H,2-13,16,19-20H2,1H3,(H,24,25)/i2D2,3D2,4D2,5D2,6D2,7D2,8D2,9D2,10D2,11D2,12D2,13D2,14D,15D,16D2,17D,18D,19D2. The summed E-state index contributed by atoms with van der Waals surface area (Å²) in [5.74, 6) is -4.41. The molecule has 5 heteroatoms. The van der Waals surface area contributed by atoms with Gasteiger partial charge in [0, 0.05) is 38.4 Å². The number of hydrogen-bond acceptors (Lipinski definition) is 3. The summed E-state index contributed by atoms with van der Waals surface area (Å²) in [6.45, 7) is 0.359. The molecule has 1 aromatic carbocycles. The Hall–Kier alpha value is -1.36. The van der Waals surface area contributed by atoms with E-state index < -0.39 is 145 Å². The minimum atomic E-state index is -6.27. The summed E-state index contributed by atoms with van der Waals surface area (Å²) >= 11 is 0. The molecular formula is C23H38O4S. The topological polar surface area (TPSA) is 71.4 Å². The Morgan fingerprint density at radius 2 is 1.36 bits per heavy atom. The van der Waals surface area contributed by atoms with Crippen LogP contribution in [0.25, 0.3) is 0 Å². The van der Waals surface area contributed by atoms with E-state index in [9.17, 15) is 18.3 Å². The molecule has 0 bridgehead atoms. The SMILES string of the molecule is [2H]c1c([2H])c([2H])c(C(=O)O)c(CS(=O)(=O)C([2H])([2H])C([2H])([2H])C([2H])([2H])C([2H])([2H])C([2H])([2H])C([2H])([2H])C([2H])([2H])C([2H])([2H])C([2H])([2H])C([2H])([2H])C([2H])([2H])C([2H])([2H])C([2H])([2H])C([2H])([2H])C)c1[2H]. The van der Waals surface area contributed by atoms with Gasteiger partial charge in [-0.1, -0.05) is 102 Å². The molecule has 4 nitrogen and oxygen atoms in total. The van der Waals surface area contributed by atoms with Gasteiger partial charge in [-0.15, -0.1) is 0 Å². The molecule has 0 amide bonds. The third-order valence-electron chi connectivity index (χ3n) is 2.33. The molecule has 1 rings (SSSR count). The fourth-order valence-electron chi connectivity index (χ4n) is 1.33. The van der Waals surface area contributed by atoms with Crippen molar-refractivity contribution in [3.05, 3.63) is 35.3 Å². The summed E-state index contributed by atoms with van der Waals surface area (Å²) in [5, 5.41) is 9.54. The molecule has 0 aliphatic heterocycles. The lowest BCUT2D eigenvalue weighted by Crippen LogP contribution is -2.12. The van der Waals surface area contributed by atoms with Gasteiger partial charge in [-0.05, 0) is 18.0 Å². The smallest absolute Gasteiger partial charge is 0.335 e. The maximum Gasteiger partial charge on any atom is 0.335 e. The number of carboxylic acids is 1. The van der Waals surface area contributed by atoms with Crippen LogP contribution >= 0.6 is 0 Å². The fraction of sp³-hybridized carbons (Fsp3) is 0.696. The predicted molar refractivity (Wildman–Crippen MR) is 117 cm³/mol. The molecule has 28 heavy (non-hydrogen) atoms. The van der Waals surface area contributed by atoms with Gasteiger partial charge in [-0.2, -0.15) is 0 Å². The van der Waals surface area contributed by atoms with Gasteiger partial charge in [-0.25, -0.2) is 13.2 Å². The molecule has 0 saturated carbocycles. The number of rotatable bonds is 17. The summed E-state index contributed by atoms with van der Waals surface area (Å²) < 4.78 is 286. The number of hydrogen-bond donors (Lipinski definition) is 1. The van der Waals surface area contributed by atoms with Gasteiger partial charge >= 0.3 is 5.97 Å². The first kappa shape index (κ1) is 5.09. The van der Waals surface area contributed by atoms with Crippen molar-refractivity contribution in [3.63, 3.8) is 0 Å². The van der Waals surface area contributed by atoms with Crippen LogP contribution in [0.1, 0.15) is 150 Å². The molecule has 1 aromatic rings. The van der Waals surface area contributed by atoms with Crippen LogP contribution in [0.5, 0.6) is 0 Å². The molecule has 0 aliphatic rings. The molecule has 0 heterocycles. The van der Waals surface area contributed by atoms with Gasteiger partial charge in [0.05, 0.1) is 22.5 Å². The van der Waals surface area contributed by atoms with E-state index in [1.165, 1.54) is 0 Å². The Labute approximate surface area is 216 Å². The summed E-state index contributed by atoms with van der Waals surface area (Å²) in [5.41, 5.74) is -7.87. The normalized spacial score (nSPS) is 35.6. The lowest BCUT2D eigenvalue weighted by Gasteiger charge is -2.07. The molecular weight excluding hydrogens is 372 g/mol. The number of benzene rings is 1. The van der Waals surface area contributed by atoms with E-state index in [4.69, 9.17) is 43.9 Å². The van der Waals surface area contributed by atoms with Crippen molar-refractivity contribution >= 4 is 15.8 Å². The lowest BCUT2D eigenvalue weighted by atomic mass is 10.1. The quantitative estimate of drug-likeness (QED) is 0.303. The zero-order chi connectivity index (χ0) is 49.2. The van der Waals surface area contributed by atoms with Crippen LogP contribution < -0.4 is 0 Å². The molecule has 0 saturated heterocycles. The van der Waals surface area contributed by atoms with Gasteiger partial charge in [0.2, 0.25) is 0 Å². The molecule has 0 atom stereocenters. The van der Waals surface area contributed by atoms with Crippen molar-refractivity contribution in [2.75, 3.05) is 5.70 Å². The van der Waals surface area contributed by atoms with E-state index in [1.54, 1.807) is 0 Å². The van der Waals surface area contributed by atoms with Crippen molar-refractivity contribution in [1.82, 2.24) is 0 Å². The van der Waals surface area contributed by atoms with Crippen molar-refractivity contribution in [2.24, 2.45) is 0 Å². The Morgan fingerprint density at radius 1 is 0.893 bits per heavy atom. The third kappa shape index (κ3) is 11.5. The zero-order valence-electron chi connectivity index (χ0n) is 46.3. The summed E-state index contributed by atoms with van der Waals surface area (Å²) in [7, 11) is -6.27. The Bertz CT molecular complexity index is 1960. The van der Waals surface area contributed by atoms with E-state index >= 15 is 0 Å². The number of sulfone groups is 1. The number of aromatic carboxylic acids is 1. The van der Waals surface area contributed by atoms with Crippen LogP contribution in [0.2, 0.25) is 0 Å². The van der Waals surface area contributed by atoms with Crippen LogP contribution in [0.4, 0.5) is 0 Å². The highest BCUT2D eigenvalue weighted by Crippen LogP contribution is 2.16. The Morgan fingerprint density at radius 3 is 1.86 bits per heavy atom. The maximum atomic E-state index is 13.5. The fourth-order valence-corrected chi connectivity index (χ4v) is 2.21. The second-order valence-electron chi connectivity index (χ2n) is 4.27. The van der Waals surface area contributed by atoms with Crippen LogP contribution in [0.15, 0.2) is 24.2 Å². The highest BCUT2D eigenvalue weighted by Gasteiger charge is 2.17. The van der Waals surface area contributed by atoms with E-state index in [1.807, 2.05) is 0 Å². The molecule has 0 aliphatic carbocycles. The van der Waals surface area contributed by atoms with E-state index in [-0.39, 0.29) is 0 Å². The highest BCUT2D eigenvalue weighted by molar-refractivity contribution is 7.90. The minimum Gasteiger partial charge on any atom is -0.478 e. The largest absolute Gasteiger partial charge is 0.478 e. The molecule has 0 radical (unpaired) electrons. The summed E-state index contributed by atoms with van der Waals surface area (Å²) in [6.07, 6.45) is -63.1. The first-order chi connectivity index (χ1) is 25.6. The maximum absolute atomic E-state index is 13.5.